The summed E-state index contributed by atoms with van der Waals surface area (Å²) in [5.41, 5.74) is 0.840. The molecule has 2 aromatic rings. The molecule has 19 heavy (non-hydrogen) atoms. The highest BCUT2D eigenvalue weighted by molar-refractivity contribution is 6.30. The Morgan fingerprint density at radius 1 is 1.26 bits per heavy atom. The zero-order valence-electron chi connectivity index (χ0n) is 10.5. The number of hydrogen-bond acceptors (Lipinski definition) is 6. The molecule has 0 fully saturated rings. The lowest BCUT2D eigenvalue weighted by molar-refractivity contribution is 0.198. The van der Waals surface area contributed by atoms with Crippen molar-refractivity contribution in [3.05, 3.63) is 35.2 Å². The Kier molecular flexibility index (Phi) is 5.14. The molecule has 0 unspecified atom stereocenters. The van der Waals surface area contributed by atoms with Gasteiger partial charge in [-0.05, 0) is 24.3 Å². The molecule has 7 heteroatoms. The Bertz CT molecular complexity index is 501. The molecule has 1 heterocycles. The van der Waals surface area contributed by atoms with E-state index in [0.29, 0.717) is 30.1 Å². The molecule has 0 aliphatic heterocycles. The molecule has 0 saturated heterocycles. The fraction of sp³-hybridized carbons (Fsp3) is 0.333. The van der Waals surface area contributed by atoms with Gasteiger partial charge in [-0.3, -0.25) is 0 Å². The van der Waals surface area contributed by atoms with Gasteiger partial charge in [-0.1, -0.05) is 16.7 Å². The van der Waals surface area contributed by atoms with Gasteiger partial charge in [-0.25, -0.2) is 0 Å². The Morgan fingerprint density at radius 2 is 2.05 bits per heavy atom. The van der Waals surface area contributed by atoms with E-state index in [1.54, 1.807) is 19.2 Å². The number of benzene rings is 1. The molecule has 2 N–H and O–H groups in total. The molecule has 6 nitrogen and oxygen atoms in total. The second kappa shape index (κ2) is 7.08. The highest BCUT2D eigenvalue weighted by atomic mass is 35.5. The lowest BCUT2D eigenvalue weighted by Crippen LogP contribution is -2.18. The Hall–Kier alpha value is -1.63. The molecule has 0 aliphatic rings. The number of hydrogen-bond donors (Lipinski definition) is 2. The van der Waals surface area contributed by atoms with Gasteiger partial charge in [0.2, 0.25) is 5.89 Å². The first-order chi connectivity index (χ1) is 9.28. The molecule has 0 bridgehead atoms. The topological polar surface area (TPSA) is 72.2 Å². The van der Waals surface area contributed by atoms with Gasteiger partial charge >= 0.3 is 6.01 Å². The highest BCUT2D eigenvalue weighted by Crippen LogP contribution is 2.17. The Labute approximate surface area is 116 Å². The molecule has 0 aliphatic carbocycles. The van der Waals surface area contributed by atoms with Gasteiger partial charge in [0.1, 0.15) is 0 Å². The SMILES string of the molecule is COCCNCc1nnc(Nc2ccc(Cl)cc2)o1. The number of nitrogens with one attached hydrogen (secondary N) is 2. The van der Waals surface area contributed by atoms with Crippen LogP contribution in [-0.2, 0) is 11.3 Å². The predicted molar refractivity (Wildman–Crippen MR) is 72.6 cm³/mol. The van der Waals surface area contributed by atoms with Crippen LogP contribution < -0.4 is 10.6 Å². The van der Waals surface area contributed by atoms with Crippen LogP contribution in [0.3, 0.4) is 0 Å². The monoisotopic (exact) mass is 282 g/mol. The molecule has 0 radical (unpaired) electrons. The minimum absolute atomic E-state index is 0.353. The molecule has 1 aromatic heterocycles. The van der Waals surface area contributed by atoms with Crippen LogP contribution in [0, 0.1) is 0 Å². The summed E-state index contributed by atoms with van der Waals surface area (Å²) in [6.45, 7) is 1.89. The summed E-state index contributed by atoms with van der Waals surface area (Å²) in [5, 5.41) is 14.6. The highest BCUT2D eigenvalue weighted by Gasteiger charge is 2.05. The molecule has 1 aromatic carbocycles. The maximum Gasteiger partial charge on any atom is 0.320 e. The number of anilines is 2. The Balaban J connectivity index is 1.85. The summed E-state index contributed by atoms with van der Waals surface area (Å²) < 4.78 is 10.3. The standard InChI is InChI=1S/C12H15ClN4O2/c1-18-7-6-14-8-11-16-17-12(19-11)15-10-4-2-9(13)3-5-10/h2-5,14H,6-8H2,1H3,(H,15,17). The third-order valence-corrected chi connectivity index (χ3v) is 2.57. The number of rotatable bonds is 7. The average Bonchev–Trinajstić information content (AvgIpc) is 2.85. The van der Waals surface area contributed by atoms with Crippen LogP contribution in [-0.4, -0.2) is 30.5 Å². The van der Waals surface area contributed by atoms with Crippen molar-refractivity contribution >= 4 is 23.3 Å². The van der Waals surface area contributed by atoms with E-state index in [9.17, 15) is 0 Å². The van der Waals surface area contributed by atoms with Gasteiger partial charge < -0.3 is 19.8 Å². The van der Waals surface area contributed by atoms with Gasteiger partial charge in [-0.15, -0.1) is 5.10 Å². The van der Waals surface area contributed by atoms with Crippen LogP contribution in [0.4, 0.5) is 11.7 Å². The molecular formula is C12H15ClN4O2. The van der Waals surface area contributed by atoms with Crippen LogP contribution in [0.5, 0.6) is 0 Å². The first kappa shape index (κ1) is 13.8. The minimum Gasteiger partial charge on any atom is -0.406 e. The lowest BCUT2D eigenvalue weighted by atomic mass is 10.3. The van der Waals surface area contributed by atoms with E-state index in [-0.39, 0.29) is 0 Å². The first-order valence-corrected chi connectivity index (χ1v) is 6.20. The van der Waals surface area contributed by atoms with Crippen molar-refractivity contribution in [3.8, 4) is 0 Å². The second-order valence-corrected chi connectivity index (χ2v) is 4.24. The van der Waals surface area contributed by atoms with Crippen molar-refractivity contribution in [2.75, 3.05) is 25.6 Å². The van der Waals surface area contributed by atoms with E-state index in [1.165, 1.54) is 0 Å². The van der Waals surface area contributed by atoms with Crippen LogP contribution in [0.15, 0.2) is 28.7 Å². The van der Waals surface area contributed by atoms with Gasteiger partial charge in [-0.2, -0.15) is 0 Å². The number of methoxy groups -OCH3 is 1. The molecular weight excluding hydrogens is 268 g/mol. The summed E-state index contributed by atoms with van der Waals surface area (Å²) in [5.74, 6) is 0.521. The first-order valence-electron chi connectivity index (χ1n) is 5.82. The molecule has 2 rings (SSSR count). The normalized spacial score (nSPS) is 10.6. The third-order valence-electron chi connectivity index (χ3n) is 2.32. The van der Waals surface area contributed by atoms with Crippen molar-refractivity contribution in [1.82, 2.24) is 15.5 Å². The maximum atomic E-state index is 5.80. The fourth-order valence-electron chi connectivity index (χ4n) is 1.40. The molecule has 0 amide bonds. The van der Waals surface area contributed by atoms with Gasteiger partial charge in [0.15, 0.2) is 0 Å². The number of nitrogens with zero attached hydrogens (tertiary/aromatic N) is 2. The Morgan fingerprint density at radius 3 is 2.79 bits per heavy atom. The van der Waals surface area contributed by atoms with E-state index in [4.69, 9.17) is 20.8 Å². The van der Waals surface area contributed by atoms with Crippen LogP contribution in [0.2, 0.25) is 5.02 Å². The number of halogens is 1. The summed E-state index contributed by atoms with van der Waals surface area (Å²) in [6.07, 6.45) is 0. The largest absolute Gasteiger partial charge is 0.406 e. The van der Waals surface area contributed by atoms with E-state index >= 15 is 0 Å². The lowest BCUT2D eigenvalue weighted by Gasteiger charge is -2.01. The van der Waals surface area contributed by atoms with E-state index < -0.39 is 0 Å². The summed E-state index contributed by atoms with van der Waals surface area (Å²) >= 11 is 5.80. The van der Waals surface area contributed by atoms with Crippen molar-refractivity contribution in [3.63, 3.8) is 0 Å². The zero-order valence-corrected chi connectivity index (χ0v) is 11.3. The smallest absolute Gasteiger partial charge is 0.320 e. The predicted octanol–water partition coefficient (Wildman–Crippen LogP) is 2.20. The average molecular weight is 283 g/mol. The summed E-state index contributed by atoms with van der Waals surface area (Å²) in [6, 6.07) is 7.60. The van der Waals surface area contributed by atoms with Crippen molar-refractivity contribution in [2.24, 2.45) is 0 Å². The van der Waals surface area contributed by atoms with Gasteiger partial charge in [0, 0.05) is 24.4 Å². The molecule has 0 atom stereocenters. The molecule has 0 saturated carbocycles. The maximum absolute atomic E-state index is 5.80. The van der Waals surface area contributed by atoms with Gasteiger partial charge in [0.25, 0.3) is 0 Å². The van der Waals surface area contributed by atoms with E-state index in [1.807, 2.05) is 12.1 Å². The van der Waals surface area contributed by atoms with Crippen LogP contribution in [0.25, 0.3) is 0 Å². The van der Waals surface area contributed by atoms with Crippen molar-refractivity contribution in [1.29, 1.82) is 0 Å². The fourth-order valence-corrected chi connectivity index (χ4v) is 1.53. The van der Waals surface area contributed by atoms with Crippen LogP contribution >= 0.6 is 11.6 Å². The van der Waals surface area contributed by atoms with E-state index in [0.717, 1.165) is 12.2 Å². The number of ether oxygens (including phenoxy) is 1. The summed E-state index contributed by atoms with van der Waals surface area (Å²) in [7, 11) is 1.66. The summed E-state index contributed by atoms with van der Waals surface area (Å²) in [4.78, 5) is 0. The quantitative estimate of drug-likeness (QED) is 0.759. The third kappa shape index (κ3) is 4.51. The number of aromatic nitrogens is 2. The molecule has 0 spiro atoms. The molecule has 102 valence electrons. The van der Waals surface area contributed by atoms with E-state index in [2.05, 4.69) is 20.8 Å². The van der Waals surface area contributed by atoms with Gasteiger partial charge in [0.05, 0.1) is 13.2 Å². The van der Waals surface area contributed by atoms with Crippen molar-refractivity contribution < 1.29 is 9.15 Å². The zero-order chi connectivity index (χ0) is 13.5. The second-order valence-electron chi connectivity index (χ2n) is 3.80. The van der Waals surface area contributed by atoms with Crippen molar-refractivity contribution in [2.45, 2.75) is 6.54 Å². The van der Waals surface area contributed by atoms with Crippen LogP contribution in [0.1, 0.15) is 5.89 Å². The minimum atomic E-state index is 0.353.